The Morgan fingerprint density at radius 2 is 1.40 bits per heavy atom. The lowest BCUT2D eigenvalue weighted by molar-refractivity contribution is 0.411. The van der Waals surface area contributed by atoms with Gasteiger partial charge in [-0.3, -0.25) is 0 Å². The van der Waals surface area contributed by atoms with Gasteiger partial charge in [-0.05, 0) is 24.3 Å². The number of hydrogen-bond acceptors (Lipinski definition) is 3. The topological polar surface area (TPSA) is 28.2 Å². The summed E-state index contributed by atoms with van der Waals surface area (Å²) in [5, 5.41) is 2.30. The zero-order valence-electron chi connectivity index (χ0n) is 10.7. The molecule has 0 spiro atoms. The van der Waals surface area contributed by atoms with Crippen molar-refractivity contribution in [1.82, 2.24) is 4.98 Å². The van der Waals surface area contributed by atoms with Crippen LogP contribution in [-0.2, 0) is 0 Å². The predicted molar refractivity (Wildman–Crippen MR) is 68.1 cm³/mol. The van der Waals surface area contributed by atoms with Crippen LogP contribution in [0.4, 0.5) is 34.6 Å². The first-order valence-corrected chi connectivity index (χ1v) is 5.64. The van der Waals surface area contributed by atoms with Crippen molar-refractivity contribution in [2.24, 2.45) is 0 Å². The van der Waals surface area contributed by atoms with Crippen LogP contribution in [0.3, 0.4) is 0 Å². The summed E-state index contributed by atoms with van der Waals surface area (Å²) >= 11 is 0. The molecule has 0 atom stereocenters. The first-order chi connectivity index (χ1) is 9.40. The fourth-order valence-corrected chi connectivity index (χ4v) is 1.58. The minimum absolute atomic E-state index is 0.290. The zero-order chi connectivity index (χ0) is 14.9. The molecule has 1 aromatic carbocycles. The first kappa shape index (κ1) is 14.1. The molecule has 2 aromatic rings. The highest BCUT2D eigenvalue weighted by Crippen LogP contribution is 2.26. The minimum atomic E-state index is -1.70. The van der Waals surface area contributed by atoms with E-state index in [4.69, 9.17) is 0 Å². The van der Waals surface area contributed by atoms with E-state index in [0.29, 0.717) is 5.69 Å². The molecule has 0 aliphatic rings. The van der Waals surface area contributed by atoms with Gasteiger partial charge < -0.3 is 10.2 Å². The van der Waals surface area contributed by atoms with E-state index in [-0.39, 0.29) is 0 Å². The van der Waals surface area contributed by atoms with Crippen molar-refractivity contribution in [3.8, 4) is 0 Å². The van der Waals surface area contributed by atoms with Crippen LogP contribution in [0.15, 0.2) is 24.3 Å². The summed E-state index contributed by atoms with van der Waals surface area (Å²) in [4.78, 5) is 4.31. The Hall–Kier alpha value is -2.31. The lowest BCUT2D eigenvalue weighted by Gasteiger charge is -2.14. The van der Waals surface area contributed by atoms with Crippen LogP contribution in [0.25, 0.3) is 0 Å². The summed E-state index contributed by atoms with van der Waals surface area (Å²) in [6.07, 6.45) is 0. The largest absolute Gasteiger partial charge is 0.378 e. The Balaban J connectivity index is 2.35. The Kier molecular flexibility index (Phi) is 3.78. The van der Waals surface area contributed by atoms with Crippen molar-refractivity contribution in [2.75, 3.05) is 24.3 Å². The Labute approximate surface area is 112 Å². The highest BCUT2D eigenvalue weighted by Gasteiger charge is 2.20. The molecule has 1 aromatic heterocycles. The number of halogens is 4. The van der Waals surface area contributed by atoms with Crippen LogP contribution in [0, 0.1) is 23.5 Å². The molecule has 2 rings (SSSR count). The summed E-state index contributed by atoms with van der Waals surface area (Å²) in [6.45, 7) is 0. The second-order valence-electron chi connectivity index (χ2n) is 4.26. The number of benzene rings is 1. The van der Waals surface area contributed by atoms with Gasteiger partial charge >= 0.3 is 0 Å². The molecule has 1 N–H and O–H groups in total. The number of anilines is 3. The molecule has 0 fully saturated rings. The third-order valence-electron chi connectivity index (χ3n) is 2.65. The van der Waals surface area contributed by atoms with Gasteiger partial charge in [0.2, 0.25) is 11.6 Å². The molecule has 0 saturated carbocycles. The standard InChI is InChI=1S/C13H11F4N3/c1-20(2)8-5-3-7(4-6-8)18-11-9(14)12(16)19-13(17)10(11)15/h3-6H,1-2H3,(H,18,19). The van der Waals surface area contributed by atoms with Crippen LogP contribution >= 0.6 is 0 Å². The van der Waals surface area contributed by atoms with Crippen LogP contribution in [-0.4, -0.2) is 19.1 Å². The average molecular weight is 285 g/mol. The molecule has 106 valence electrons. The fourth-order valence-electron chi connectivity index (χ4n) is 1.58. The van der Waals surface area contributed by atoms with Crippen molar-refractivity contribution in [2.45, 2.75) is 0 Å². The minimum Gasteiger partial charge on any atom is -0.378 e. The van der Waals surface area contributed by atoms with E-state index < -0.39 is 29.2 Å². The molecule has 3 nitrogen and oxygen atoms in total. The summed E-state index contributed by atoms with van der Waals surface area (Å²) in [6, 6.07) is 6.44. The van der Waals surface area contributed by atoms with Crippen LogP contribution in [0.2, 0.25) is 0 Å². The van der Waals surface area contributed by atoms with Crippen molar-refractivity contribution in [1.29, 1.82) is 0 Å². The molecule has 20 heavy (non-hydrogen) atoms. The third kappa shape index (κ3) is 2.66. The van der Waals surface area contributed by atoms with Crippen molar-refractivity contribution in [3.63, 3.8) is 0 Å². The van der Waals surface area contributed by atoms with Gasteiger partial charge in [0.05, 0.1) is 0 Å². The SMILES string of the molecule is CN(C)c1ccc(Nc2c(F)c(F)nc(F)c2F)cc1. The molecule has 0 saturated heterocycles. The number of aromatic nitrogens is 1. The number of nitrogens with one attached hydrogen (secondary N) is 1. The zero-order valence-corrected chi connectivity index (χ0v) is 10.7. The van der Waals surface area contributed by atoms with Crippen LogP contribution < -0.4 is 10.2 Å². The van der Waals surface area contributed by atoms with Gasteiger partial charge in [-0.15, -0.1) is 0 Å². The maximum Gasteiger partial charge on any atom is 0.253 e. The second-order valence-corrected chi connectivity index (χ2v) is 4.26. The molecule has 0 amide bonds. The number of pyridine rings is 1. The Morgan fingerprint density at radius 3 is 1.85 bits per heavy atom. The highest BCUT2D eigenvalue weighted by atomic mass is 19.2. The maximum atomic E-state index is 13.4. The van der Waals surface area contributed by atoms with Crippen molar-refractivity contribution in [3.05, 3.63) is 47.8 Å². The number of hydrogen-bond donors (Lipinski definition) is 1. The van der Waals surface area contributed by atoms with E-state index in [0.717, 1.165) is 5.69 Å². The Bertz CT molecular complexity index is 600. The molecule has 0 bridgehead atoms. The van der Waals surface area contributed by atoms with Gasteiger partial charge in [0.1, 0.15) is 5.69 Å². The van der Waals surface area contributed by atoms with Gasteiger partial charge in [0.15, 0.2) is 0 Å². The maximum absolute atomic E-state index is 13.4. The molecular weight excluding hydrogens is 274 g/mol. The van der Waals surface area contributed by atoms with Crippen LogP contribution in [0.5, 0.6) is 0 Å². The molecular formula is C13H11F4N3. The normalized spacial score (nSPS) is 10.5. The van der Waals surface area contributed by atoms with Gasteiger partial charge in [0.25, 0.3) is 11.9 Å². The summed E-state index contributed by atoms with van der Waals surface area (Å²) in [5.41, 5.74) is 0.245. The lowest BCUT2D eigenvalue weighted by Crippen LogP contribution is -2.08. The molecule has 0 aliphatic carbocycles. The molecule has 0 aliphatic heterocycles. The van der Waals surface area contributed by atoms with Crippen molar-refractivity contribution < 1.29 is 17.6 Å². The average Bonchev–Trinajstić information content (AvgIpc) is 2.42. The van der Waals surface area contributed by atoms with Crippen molar-refractivity contribution >= 4 is 17.1 Å². The summed E-state index contributed by atoms with van der Waals surface area (Å²) in [7, 11) is 3.66. The van der Waals surface area contributed by atoms with E-state index in [1.54, 1.807) is 12.1 Å². The number of rotatable bonds is 3. The number of nitrogens with zero attached hydrogens (tertiary/aromatic N) is 2. The van der Waals surface area contributed by atoms with E-state index >= 15 is 0 Å². The van der Waals surface area contributed by atoms with Crippen LogP contribution in [0.1, 0.15) is 0 Å². The van der Waals surface area contributed by atoms with E-state index in [2.05, 4.69) is 10.3 Å². The Morgan fingerprint density at radius 1 is 0.900 bits per heavy atom. The highest BCUT2D eigenvalue weighted by molar-refractivity contribution is 5.63. The molecule has 1 heterocycles. The quantitative estimate of drug-likeness (QED) is 0.691. The second kappa shape index (κ2) is 5.36. The summed E-state index contributed by atoms with van der Waals surface area (Å²) in [5.74, 6) is -6.53. The molecule has 7 heteroatoms. The van der Waals surface area contributed by atoms with E-state index in [9.17, 15) is 17.6 Å². The lowest BCUT2D eigenvalue weighted by atomic mass is 10.2. The predicted octanol–water partition coefficient (Wildman–Crippen LogP) is 3.45. The van der Waals surface area contributed by atoms with E-state index in [1.807, 2.05) is 19.0 Å². The van der Waals surface area contributed by atoms with Gasteiger partial charge in [0, 0.05) is 25.5 Å². The third-order valence-corrected chi connectivity index (χ3v) is 2.65. The van der Waals surface area contributed by atoms with Gasteiger partial charge in [-0.2, -0.15) is 22.5 Å². The van der Waals surface area contributed by atoms with E-state index in [1.165, 1.54) is 12.1 Å². The smallest absolute Gasteiger partial charge is 0.253 e. The van der Waals surface area contributed by atoms with Gasteiger partial charge in [-0.25, -0.2) is 0 Å². The monoisotopic (exact) mass is 285 g/mol. The van der Waals surface area contributed by atoms with Gasteiger partial charge in [-0.1, -0.05) is 0 Å². The fraction of sp³-hybridized carbons (Fsp3) is 0.154. The molecule has 0 radical (unpaired) electrons. The summed E-state index contributed by atoms with van der Waals surface area (Å²) < 4.78 is 52.7. The first-order valence-electron chi connectivity index (χ1n) is 5.64. The molecule has 0 unspecified atom stereocenters.